The van der Waals surface area contributed by atoms with Gasteiger partial charge in [-0.2, -0.15) is 0 Å². The Bertz CT molecular complexity index is 397. The Balaban J connectivity index is 1.78. The lowest BCUT2D eigenvalue weighted by Crippen LogP contribution is -2.58. The van der Waals surface area contributed by atoms with Crippen LogP contribution in [0, 0.1) is 5.92 Å². The first-order valence-corrected chi connectivity index (χ1v) is 7.80. The quantitative estimate of drug-likeness (QED) is 0.895. The van der Waals surface area contributed by atoms with Gasteiger partial charge in [0.25, 0.3) is 0 Å². The highest BCUT2D eigenvalue weighted by molar-refractivity contribution is 5.21. The van der Waals surface area contributed by atoms with Gasteiger partial charge in [-0.1, -0.05) is 50.6 Å². The molecular weight excluding hydrogens is 232 g/mol. The molecule has 2 atom stereocenters. The number of hydrogen-bond acceptors (Lipinski definition) is 2. The second kappa shape index (κ2) is 5.64. The van der Waals surface area contributed by atoms with Crippen LogP contribution in [0.2, 0.25) is 0 Å². The predicted molar refractivity (Wildman–Crippen MR) is 80.2 cm³/mol. The second-order valence-electron chi connectivity index (χ2n) is 6.47. The van der Waals surface area contributed by atoms with Gasteiger partial charge in [0, 0.05) is 31.2 Å². The molecule has 0 amide bonds. The standard InChI is InChI=1S/C17H26N2/c1-13(2)16-12-19(15-9-6-10-15)17(11-18-16)14-7-4-3-5-8-14/h3-5,7-8,13,15-18H,6,9-12H2,1-2H3. The first-order chi connectivity index (χ1) is 9.25. The Morgan fingerprint density at radius 1 is 1.16 bits per heavy atom. The van der Waals surface area contributed by atoms with Crippen molar-refractivity contribution in [2.75, 3.05) is 13.1 Å². The van der Waals surface area contributed by atoms with Gasteiger partial charge in [-0.15, -0.1) is 0 Å². The summed E-state index contributed by atoms with van der Waals surface area (Å²) in [7, 11) is 0. The van der Waals surface area contributed by atoms with Crippen molar-refractivity contribution in [1.82, 2.24) is 10.2 Å². The summed E-state index contributed by atoms with van der Waals surface area (Å²) in [5, 5.41) is 3.76. The van der Waals surface area contributed by atoms with Gasteiger partial charge >= 0.3 is 0 Å². The van der Waals surface area contributed by atoms with Crippen molar-refractivity contribution in [3.05, 3.63) is 35.9 Å². The zero-order valence-corrected chi connectivity index (χ0v) is 12.2. The van der Waals surface area contributed by atoms with Crippen LogP contribution in [0.25, 0.3) is 0 Å². The lowest BCUT2D eigenvalue weighted by Gasteiger charge is -2.48. The zero-order valence-electron chi connectivity index (χ0n) is 12.2. The largest absolute Gasteiger partial charge is 0.311 e. The number of nitrogens with zero attached hydrogens (tertiary/aromatic N) is 1. The Morgan fingerprint density at radius 2 is 1.89 bits per heavy atom. The molecule has 1 aromatic rings. The summed E-state index contributed by atoms with van der Waals surface area (Å²) in [6.07, 6.45) is 4.21. The van der Waals surface area contributed by atoms with E-state index in [9.17, 15) is 0 Å². The van der Waals surface area contributed by atoms with Gasteiger partial charge in [0.05, 0.1) is 0 Å². The van der Waals surface area contributed by atoms with Gasteiger partial charge in [0.2, 0.25) is 0 Å². The molecule has 1 heterocycles. The minimum absolute atomic E-state index is 0.571. The molecule has 104 valence electrons. The summed E-state index contributed by atoms with van der Waals surface area (Å²) >= 11 is 0. The van der Waals surface area contributed by atoms with E-state index in [1.54, 1.807) is 0 Å². The van der Waals surface area contributed by atoms with Gasteiger partial charge < -0.3 is 5.32 Å². The van der Waals surface area contributed by atoms with Crippen LogP contribution in [0.15, 0.2) is 30.3 Å². The molecule has 1 aromatic carbocycles. The van der Waals surface area contributed by atoms with Crippen molar-refractivity contribution in [1.29, 1.82) is 0 Å². The van der Waals surface area contributed by atoms with Gasteiger partial charge in [-0.25, -0.2) is 0 Å². The fraction of sp³-hybridized carbons (Fsp3) is 0.647. The lowest BCUT2D eigenvalue weighted by molar-refractivity contribution is 0.0328. The molecule has 0 radical (unpaired) electrons. The molecule has 3 rings (SSSR count). The molecule has 1 saturated carbocycles. The van der Waals surface area contributed by atoms with Crippen molar-refractivity contribution in [3.63, 3.8) is 0 Å². The Labute approximate surface area is 117 Å². The molecule has 2 aliphatic rings. The van der Waals surface area contributed by atoms with Crippen molar-refractivity contribution < 1.29 is 0 Å². The first kappa shape index (κ1) is 13.1. The van der Waals surface area contributed by atoms with E-state index in [0.29, 0.717) is 12.1 Å². The van der Waals surface area contributed by atoms with E-state index in [4.69, 9.17) is 0 Å². The van der Waals surface area contributed by atoms with Gasteiger partial charge in [-0.3, -0.25) is 4.90 Å². The monoisotopic (exact) mass is 258 g/mol. The van der Waals surface area contributed by atoms with E-state index in [1.165, 1.54) is 31.4 Å². The normalized spacial score (nSPS) is 29.4. The minimum atomic E-state index is 0.571. The van der Waals surface area contributed by atoms with Crippen LogP contribution in [-0.2, 0) is 0 Å². The predicted octanol–water partition coefficient (Wildman–Crippen LogP) is 3.21. The fourth-order valence-electron chi connectivity index (χ4n) is 3.35. The zero-order chi connectivity index (χ0) is 13.2. The average molecular weight is 258 g/mol. The Kier molecular flexibility index (Phi) is 3.90. The summed E-state index contributed by atoms with van der Waals surface area (Å²) in [6, 6.07) is 13.1. The molecule has 2 heteroatoms. The number of nitrogens with one attached hydrogen (secondary N) is 1. The molecule has 2 nitrogen and oxygen atoms in total. The smallest absolute Gasteiger partial charge is 0.0476 e. The van der Waals surface area contributed by atoms with Gasteiger partial charge in [0.15, 0.2) is 0 Å². The molecule has 0 spiro atoms. The lowest BCUT2D eigenvalue weighted by atomic mass is 9.86. The van der Waals surface area contributed by atoms with Gasteiger partial charge in [0.1, 0.15) is 0 Å². The molecule has 0 bridgehead atoms. The molecule has 0 aromatic heterocycles. The topological polar surface area (TPSA) is 15.3 Å². The Morgan fingerprint density at radius 3 is 2.47 bits per heavy atom. The highest BCUT2D eigenvalue weighted by Crippen LogP contribution is 2.34. The van der Waals surface area contributed by atoms with E-state index >= 15 is 0 Å². The number of benzene rings is 1. The first-order valence-electron chi connectivity index (χ1n) is 7.80. The molecule has 1 aliphatic heterocycles. The molecule has 1 saturated heterocycles. The molecule has 1 N–H and O–H groups in total. The van der Waals surface area contributed by atoms with Crippen LogP contribution < -0.4 is 5.32 Å². The van der Waals surface area contributed by atoms with E-state index in [1.807, 2.05) is 0 Å². The van der Waals surface area contributed by atoms with Crippen LogP contribution in [-0.4, -0.2) is 30.1 Å². The van der Waals surface area contributed by atoms with Crippen LogP contribution >= 0.6 is 0 Å². The SMILES string of the molecule is CC(C)C1CN(C2CCC2)C(c2ccccc2)CN1. The van der Waals surface area contributed by atoms with E-state index in [0.717, 1.165) is 18.5 Å². The van der Waals surface area contributed by atoms with Crippen molar-refractivity contribution in [3.8, 4) is 0 Å². The third kappa shape index (κ3) is 2.70. The summed E-state index contributed by atoms with van der Waals surface area (Å²) in [4.78, 5) is 2.78. The van der Waals surface area contributed by atoms with Crippen LogP contribution in [0.3, 0.4) is 0 Å². The highest BCUT2D eigenvalue weighted by atomic mass is 15.3. The number of piperazine rings is 1. The van der Waals surface area contributed by atoms with Crippen molar-refractivity contribution in [2.24, 2.45) is 5.92 Å². The van der Waals surface area contributed by atoms with E-state index in [2.05, 4.69) is 54.4 Å². The van der Waals surface area contributed by atoms with Crippen LogP contribution in [0.4, 0.5) is 0 Å². The summed E-state index contributed by atoms with van der Waals surface area (Å²) < 4.78 is 0. The van der Waals surface area contributed by atoms with E-state index in [-0.39, 0.29) is 0 Å². The fourth-order valence-corrected chi connectivity index (χ4v) is 3.35. The maximum atomic E-state index is 3.76. The van der Waals surface area contributed by atoms with Crippen molar-refractivity contribution >= 4 is 0 Å². The third-order valence-electron chi connectivity index (χ3n) is 4.91. The molecule has 2 fully saturated rings. The molecule has 2 unspecified atom stereocenters. The minimum Gasteiger partial charge on any atom is -0.311 e. The van der Waals surface area contributed by atoms with Crippen molar-refractivity contribution in [2.45, 2.75) is 51.2 Å². The van der Waals surface area contributed by atoms with Crippen LogP contribution in [0.5, 0.6) is 0 Å². The van der Waals surface area contributed by atoms with Crippen LogP contribution in [0.1, 0.15) is 44.7 Å². The summed E-state index contributed by atoms with van der Waals surface area (Å²) in [6.45, 7) is 6.98. The summed E-state index contributed by atoms with van der Waals surface area (Å²) in [5.41, 5.74) is 1.48. The molecule has 19 heavy (non-hydrogen) atoms. The highest BCUT2D eigenvalue weighted by Gasteiger charge is 2.36. The average Bonchev–Trinajstić information content (AvgIpc) is 2.37. The maximum absolute atomic E-state index is 3.76. The third-order valence-corrected chi connectivity index (χ3v) is 4.91. The maximum Gasteiger partial charge on any atom is 0.0476 e. The molecular formula is C17H26N2. The second-order valence-corrected chi connectivity index (χ2v) is 6.47. The summed E-state index contributed by atoms with van der Waals surface area (Å²) in [5.74, 6) is 0.722. The van der Waals surface area contributed by atoms with Gasteiger partial charge in [-0.05, 0) is 24.3 Å². The molecule has 1 aliphatic carbocycles. The number of hydrogen-bond donors (Lipinski definition) is 1. The Hall–Kier alpha value is -0.860. The number of rotatable bonds is 3. The van der Waals surface area contributed by atoms with E-state index < -0.39 is 0 Å².